The van der Waals surface area contributed by atoms with Gasteiger partial charge in [0.1, 0.15) is 18.1 Å². The first kappa shape index (κ1) is 27.9. The first-order valence-corrected chi connectivity index (χ1v) is 10.9. The average molecular weight is 483 g/mol. The van der Waals surface area contributed by atoms with Gasteiger partial charge in [0.2, 0.25) is 17.7 Å². The maximum Gasteiger partial charge on any atom is 0.326 e. The zero-order valence-corrected chi connectivity index (χ0v) is 19.2. The number of carbonyl (C=O) groups is 5. The first-order valence-electron chi connectivity index (χ1n) is 10.2. The Kier molecular flexibility index (Phi) is 11.4. The van der Waals surface area contributed by atoms with Crippen LogP contribution in [0.4, 0.5) is 0 Å². The van der Waals surface area contributed by atoms with E-state index in [1.165, 1.54) is 0 Å². The molecule has 0 radical (unpaired) electrons. The molecule has 0 aliphatic heterocycles. The van der Waals surface area contributed by atoms with E-state index in [2.05, 4.69) is 28.6 Å². The fourth-order valence-electron chi connectivity index (χ4n) is 2.85. The van der Waals surface area contributed by atoms with Crippen LogP contribution in [0.5, 0.6) is 0 Å². The molecule has 7 N–H and O–H groups in total. The van der Waals surface area contributed by atoms with Crippen molar-refractivity contribution in [1.29, 1.82) is 0 Å². The van der Waals surface area contributed by atoms with Crippen molar-refractivity contribution < 1.29 is 34.2 Å². The molecule has 33 heavy (non-hydrogen) atoms. The summed E-state index contributed by atoms with van der Waals surface area (Å²) in [5, 5.41) is 25.7. The Bertz CT molecular complexity index is 850. The number of thiol groups is 1. The van der Waals surface area contributed by atoms with Gasteiger partial charge in [-0.2, -0.15) is 12.6 Å². The number of carboxylic acid groups (broad SMARTS) is 2. The number of carbonyl (C=O) groups excluding carboxylic acids is 3. The molecule has 0 heterocycles. The number of nitrogens with one attached hydrogen (secondary N) is 3. The van der Waals surface area contributed by atoms with Gasteiger partial charge in [-0.15, -0.1) is 0 Å². The molecule has 182 valence electrons. The summed E-state index contributed by atoms with van der Waals surface area (Å²) in [7, 11) is 0. The van der Waals surface area contributed by atoms with E-state index in [1.54, 1.807) is 44.2 Å². The molecule has 0 aliphatic carbocycles. The second-order valence-electron chi connectivity index (χ2n) is 7.77. The van der Waals surface area contributed by atoms with E-state index in [4.69, 9.17) is 5.73 Å². The fourth-order valence-corrected chi connectivity index (χ4v) is 3.01. The average Bonchev–Trinajstić information content (AvgIpc) is 2.75. The Balaban J connectivity index is 2.98. The third kappa shape index (κ3) is 9.49. The van der Waals surface area contributed by atoms with Gasteiger partial charge in [-0.25, -0.2) is 4.79 Å². The number of rotatable bonds is 13. The van der Waals surface area contributed by atoms with Crippen LogP contribution in [0.15, 0.2) is 30.3 Å². The van der Waals surface area contributed by atoms with Crippen LogP contribution in [0.1, 0.15) is 25.8 Å². The van der Waals surface area contributed by atoms with Crippen LogP contribution in [0.25, 0.3) is 0 Å². The van der Waals surface area contributed by atoms with Crippen molar-refractivity contribution in [2.24, 2.45) is 11.7 Å². The lowest BCUT2D eigenvalue weighted by Gasteiger charge is -2.26. The van der Waals surface area contributed by atoms with E-state index >= 15 is 0 Å². The van der Waals surface area contributed by atoms with Gasteiger partial charge in [-0.05, 0) is 11.5 Å². The number of benzene rings is 1. The summed E-state index contributed by atoms with van der Waals surface area (Å²) in [6.07, 6.45) is -0.827. The minimum atomic E-state index is -1.57. The van der Waals surface area contributed by atoms with E-state index < -0.39 is 66.2 Å². The summed E-state index contributed by atoms with van der Waals surface area (Å²) in [6.45, 7) is 3.28. The molecular weight excluding hydrogens is 452 g/mol. The first-order chi connectivity index (χ1) is 15.5. The smallest absolute Gasteiger partial charge is 0.326 e. The molecule has 3 amide bonds. The van der Waals surface area contributed by atoms with Gasteiger partial charge in [-0.1, -0.05) is 44.2 Å². The molecule has 0 aromatic heterocycles. The Hall–Kier alpha value is -3.12. The van der Waals surface area contributed by atoms with Crippen molar-refractivity contribution in [3.8, 4) is 0 Å². The Labute approximate surface area is 196 Å². The number of hydrogen-bond donors (Lipinski definition) is 7. The maximum absolute atomic E-state index is 12.8. The predicted molar refractivity (Wildman–Crippen MR) is 122 cm³/mol. The molecule has 1 rings (SSSR count). The minimum absolute atomic E-state index is 0.0397. The largest absolute Gasteiger partial charge is 0.481 e. The highest BCUT2D eigenvalue weighted by atomic mass is 32.1. The molecule has 1 aromatic carbocycles. The Morgan fingerprint density at radius 3 is 1.97 bits per heavy atom. The van der Waals surface area contributed by atoms with Crippen LogP contribution in [0, 0.1) is 5.92 Å². The molecular formula is C21H30N4O7S. The monoisotopic (exact) mass is 482 g/mol. The van der Waals surface area contributed by atoms with Crippen LogP contribution < -0.4 is 21.7 Å². The van der Waals surface area contributed by atoms with Crippen molar-refractivity contribution in [2.45, 2.75) is 50.9 Å². The van der Waals surface area contributed by atoms with Gasteiger partial charge in [0.25, 0.3) is 0 Å². The van der Waals surface area contributed by atoms with Crippen molar-refractivity contribution >= 4 is 42.3 Å². The van der Waals surface area contributed by atoms with Crippen molar-refractivity contribution in [2.75, 3.05) is 5.75 Å². The molecule has 0 saturated heterocycles. The van der Waals surface area contributed by atoms with Crippen molar-refractivity contribution in [3.05, 3.63) is 35.9 Å². The fraction of sp³-hybridized carbons (Fsp3) is 0.476. The molecule has 4 unspecified atom stereocenters. The molecule has 12 heteroatoms. The van der Waals surface area contributed by atoms with Crippen LogP contribution in [-0.2, 0) is 30.4 Å². The number of aliphatic carboxylic acids is 2. The van der Waals surface area contributed by atoms with Crippen LogP contribution >= 0.6 is 12.6 Å². The van der Waals surface area contributed by atoms with Crippen LogP contribution in [0.2, 0.25) is 0 Å². The van der Waals surface area contributed by atoms with E-state index in [0.29, 0.717) is 5.56 Å². The quantitative estimate of drug-likeness (QED) is 0.177. The molecule has 1 aromatic rings. The van der Waals surface area contributed by atoms with Gasteiger partial charge < -0.3 is 31.9 Å². The maximum atomic E-state index is 12.8. The third-order valence-electron chi connectivity index (χ3n) is 4.69. The predicted octanol–water partition coefficient (Wildman–Crippen LogP) is -0.844. The van der Waals surface area contributed by atoms with Crippen molar-refractivity contribution in [3.63, 3.8) is 0 Å². The lowest BCUT2D eigenvalue weighted by Crippen LogP contribution is -2.59. The van der Waals surface area contributed by atoms with E-state index in [1.807, 2.05) is 0 Å². The number of carboxylic acids is 2. The number of amides is 3. The van der Waals surface area contributed by atoms with Gasteiger partial charge >= 0.3 is 11.9 Å². The molecule has 0 bridgehead atoms. The molecule has 4 atom stereocenters. The summed E-state index contributed by atoms with van der Waals surface area (Å²) in [5.41, 5.74) is 6.25. The molecule has 0 aliphatic rings. The molecule has 11 nitrogen and oxygen atoms in total. The second-order valence-corrected chi connectivity index (χ2v) is 8.13. The highest BCUT2D eigenvalue weighted by molar-refractivity contribution is 7.80. The van der Waals surface area contributed by atoms with E-state index in [-0.39, 0.29) is 12.2 Å². The Morgan fingerprint density at radius 1 is 0.909 bits per heavy atom. The standard InChI is InChI=1S/C21H30N4O7S/c1-11(2)17(25-18(28)13(22)10-33)20(30)23-14(9-16(26)27)19(29)24-15(21(31)32)8-12-6-4-3-5-7-12/h3-7,11,13-15,17,33H,8-10,22H2,1-2H3,(H,23,30)(H,24,29)(H,25,28)(H,26,27)(H,31,32). The lowest BCUT2D eigenvalue weighted by atomic mass is 10.0. The zero-order chi connectivity index (χ0) is 25.1. The SMILES string of the molecule is CC(C)C(NC(=O)C(N)CS)C(=O)NC(CC(=O)O)C(=O)NC(Cc1ccccc1)C(=O)O. The lowest BCUT2D eigenvalue weighted by molar-refractivity contribution is -0.143. The number of nitrogens with two attached hydrogens (primary N) is 1. The molecule has 0 fully saturated rings. The van der Waals surface area contributed by atoms with E-state index in [0.717, 1.165) is 0 Å². The summed E-state index contributed by atoms with van der Waals surface area (Å²) in [4.78, 5) is 60.5. The topological polar surface area (TPSA) is 188 Å². The second kappa shape index (κ2) is 13.4. The molecule has 0 saturated carbocycles. The van der Waals surface area contributed by atoms with Crippen molar-refractivity contribution in [1.82, 2.24) is 16.0 Å². The highest BCUT2D eigenvalue weighted by Crippen LogP contribution is 2.07. The normalized spacial score (nSPS) is 14.5. The number of hydrogen-bond acceptors (Lipinski definition) is 7. The van der Waals surface area contributed by atoms with Gasteiger partial charge in [-0.3, -0.25) is 19.2 Å². The summed E-state index contributed by atoms with van der Waals surface area (Å²) < 4.78 is 0. The van der Waals surface area contributed by atoms with Gasteiger partial charge in [0.15, 0.2) is 0 Å². The third-order valence-corrected chi connectivity index (χ3v) is 5.08. The van der Waals surface area contributed by atoms with Gasteiger partial charge in [0, 0.05) is 12.2 Å². The summed E-state index contributed by atoms with van der Waals surface area (Å²) in [6, 6.07) is 3.57. The molecule has 0 spiro atoms. The highest BCUT2D eigenvalue weighted by Gasteiger charge is 2.32. The Morgan fingerprint density at radius 2 is 1.48 bits per heavy atom. The zero-order valence-electron chi connectivity index (χ0n) is 18.4. The van der Waals surface area contributed by atoms with Gasteiger partial charge in [0.05, 0.1) is 12.5 Å². The van der Waals surface area contributed by atoms with Crippen LogP contribution in [-0.4, -0.2) is 69.8 Å². The summed E-state index contributed by atoms with van der Waals surface area (Å²) in [5.74, 6) is -5.49. The van der Waals surface area contributed by atoms with Crippen LogP contribution in [0.3, 0.4) is 0 Å². The van der Waals surface area contributed by atoms with E-state index in [9.17, 15) is 34.2 Å². The summed E-state index contributed by atoms with van der Waals surface area (Å²) >= 11 is 3.93. The minimum Gasteiger partial charge on any atom is -0.481 e.